The molecule has 0 aromatic rings. The van der Waals surface area contributed by atoms with Crippen molar-refractivity contribution in [3.63, 3.8) is 0 Å². The third-order valence-corrected chi connectivity index (χ3v) is 8.31. The van der Waals surface area contributed by atoms with E-state index in [1.165, 1.54) is 44.9 Å². The molecule has 2 fully saturated rings. The van der Waals surface area contributed by atoms with Crippen molar-refractivity contribution in [2.75, 3.05) is 0 Å². The Bertz CT molecular complexity index is 393. The van der Waals surface area contributed by atoms with Crippen LogP contribution in [0.15, 0.2) is 0 Å². The minimum absolute atomic E-state index is 0.850. The van der Waals surface area contributed by atoms with Gasteiger partial charge in [-0.3, -0.25) is 0 Å². The first-order valence-electron chi connectivity index (χ1n) is 12.2. The molecule has 0 aromatic heterocycles. The zero-order chi connectivity index (χ0) is 19.4. The Morgan fingerprint density at radius 1 is 0.846 bits per heavy atom. The Morgan fingerprint density at radius 3 is 2.00 bits per heavy atom. The molecule has 8 atom stereocenters. The summed E-state index contributed by atoms with van der Waals surface area (Å²) in [6, 6.07) is 0. The molecule has 0 nitrogen and oxygen atoms in total. The van der Waals surface area contributed by atoms with Crippen LogP contribution in [0.4, 0.5) is 0 Å². The number of hydrogen-bond acceptors (Lipinski definition) is 0. The Kier molecular flexibility index (Phi) is 8.55. The first kappa shape index (κ1) is 22.3. The van der Waals surface area contributed by atoms with Gasteiger partial charge in [-0.25, -0.2) is 0 Å². The van der Waals surface area contributed by atoms with Crippen molar-refractivity contribution in [1.82, 2.24) is 0 Å². The van der Waals surface area contributed by atoms with Crippen LogP contribution in [0.5, 0.6) is 0 Å². The summed E-state index contributed by atoms with van der Waals surface area (Å²) in [5, 5.41) is 0. The van der Waals surface area contributed by atoms with Gasteiger partial charge in [-0.05, 0) is 91.3 Å². The lowest BCUT2D eigenvalue weighted by atomic mass is 9.58. The molecule has 0 aliphatic heterocycles. The van der Waals surface area contributed by atoms with E-state index in [2.05, 4.69) is 55.4 Å². The molecule has 2 aliphatic rings. The molecule has 0 heteroatoms. The van der Waals surface area contributed by atoms with Crippen LogP contribution >= 0.6 is 0 Å². The van der Waals surface area contributed by atoms with Crippen molar-refractivity contribution in [3.05, 3.63) is 0 Å². The van der Waals surface area contributed by atoms with Crippen molar-refractivity contribution in [2.45, 2.75) is 107 Å². The highest BCUT2D eigenvalue weighted by molar-refractivity contribution is 4.92. The van der Waals surface area contributed by atoms with Crippen LogP contribution in [0, 0.1) is 59.2 Å². The molecular formula is C26H50. The topological polar surface area (TPSA) is 0 Å². The van der Waals surface area contributed by atoms with Crippen LogP contribution in [0.3, 0.4) is 0 Å². The van der Waals surface area contributed by atoms with Crippen LogP contribution < -0.4 is 0 Å². The van der Waals surface area contributed by atoms with Gasteiger partial charge < -0.3 is 0 Å². The van der Waals surface area contributed by atoms with Crippen LogP contribution in [0.2, 0.25) is 0 Å². The maximum atomic E-state index is 2.64. The lowest BCUT2D eigenvalue weighted by Crippen LogP contribution is -2.39. The maximum absolute atomic E-state index is 2.64. The van der Waals surface area contributed by atoms with E-state index >= 15 is 0 Å². The summed E-state index contributed by atoms with van der Waals surface area (Å²) in [5.74, 6) is 9.47. The molecule has 2 rings (SSSR count). The predicted octanol–water partition coefficient (Wildman–Crippen LogP) is 8.46. The molecule has 0 heterocycles. The van der Waals surface area contributed by atoms with Gasteiger partial charge in [-0.1, -0.05) is 74.7 Å². The van der Waals surface area contributed by atoms with Crippen LogP contribution in [0.1, 0.15) is 107 Å². The zero-order valence-electron chi connectivity index (χ0n) is 19.4. The highest BCUT2D eigenvalue weighted by Crippen LogP contribution is 2.51. The van der Waals surface area contributed by atoms with Gasteiger partial charge in [0.2, 0.25) is 0 Å². The van der Waals surface area contributed by atoms with Gasteiger partial charge in [0.15, 0.2) is 0 Å². The molecule has 0 spiro atoms. The SMILES string of the molecule is CCC(C)C1CC(C)CC(C(CC2CC2)C(C)CC(C)CC(C)C)C1C. The van der Waals surface area contributed by atoms with Gasteiger partial charge in [0.1, 0.15) is 0 Å². The van der Waals surface area contributed by atoms with Crippen LogP contribution in [-0.2, 0) is 0 Å². The van der Waals surface area contributed by atoms with E-state index < -0.39 is 0 Å². The van der Waals surface area contributed by atoms with Gasteiger partial charge in [0, 0.05) is 0 Å². The summed E-state index contributed by atoms with van der Waals surface area (Å²) in [4.78, 5) is 0. The molecule has 26 heavy (non-hydrogen) atoms. The summed E-state index contributed by atoms with van der Waals surface area (Å²) in [6.45, 7) is 20.0. The summed E-state index contributed by atoms with van der Waals surface area (Å²) in [6.07, 6.45) is 11.8. The average molecular weight is 363 g/mol. The molecule has 2 saturated carbocycles. The Balaban J connectivity index is 2.10. The van der Waals surface area contributed by atoms with Crippen LogP contribution in [0.25, 0.3) is 0 Å². The zero-order valence-corrected chi connectivity index (χ0v) is 19.4. The van der Waals surface area contributed by atoms with Crippen molar-refractivity contribution in [2.24, 2.45) is 59.2 Å². The quantitative estimate of drug-likeness (QED) is 0.365. The predicted molar refractivity (Wildman–Crippen MR) is 117 cm³/mol. The van der Waals surface area contributed by atoms with Gasteiger partial charge in [-0.15, -0.1) is 0 Å². The van der Waals surface area contributed by atoms with E-state index in [4.69, 9.17) is 0 Å². The van der Waals surface area contributed by atoms with Gasteiger partial charge in [-0.2, -0.15) is 0 Å². The van der Waals surface area contributed by atoms with E-state index in [0.717, 1.165) is 59.2 Å². The van der Waals surface area contributed by atoms with Gasteiger partial charge in [0.25, 0.3) is 0 Å². The molecular weight excluding hydrogens is 312 g/mol. The third-order valence-electron chi connectivity index (χ3n) is 8.31. The summed E-state index contributed by atoms with van der Waals surface area (Å²) >= 11 is 0. The summed E-state index contributed by atoms with van der Waals surface area (Å²) in [5.41, 5.74) is 0. The second-order valence-corrected chi connectivity index (χ2v) is 11.4. The van der Waals surface area contributed by atoms with Crippen molar-refractivity contribution in [3.8, 4) is 0 Å². The number of hydrogen-bond donors (Lipinski definition) is 0. The van der Waals surface area contributed by atoms with E-state index in [0.29, 0.717) is 0 Å². The van der Waals surface area contributed by atoms with E-state index in [-0.39, 0.29) is 0 Å². The van der Waals surface area contributed by atoms with E-state index in [9.17, 15) is 0 Å². The highest BCUT2D eigenvalue weighted by atomic mass is 14.5. The smallest absolute Gasteiger partial charge is 0.0352 e. The van der Waals surface area contributed by atoms with Crippen molar-refractivity contribution in [1.29, 1.82) is 0 Å². The molecule has 8 unspecified atom stereocenters. The summed E-state index contributed by atoms with van der Waals surface area (Å²) < 4.78 is 0. The first-order chi connectivity index (χ1) is 12.2. The monoisotopic (exact) mass is 362 g/mol. The number of rotatable bonds is 10. The minimum atomic E-state index is 0.850. The van der Waals surface area contributed by atoms with E-state index in [1.807, 2.05) is 0 Å². The molecule has 0 bridgehead atoms. The average Bonchev–Trinajstić information content (AvgIpc) is 3.37. The van der Waals surface area contributed by atoms with E-state index in [1.54, 1.807) is 6.42 Å². The molecule has 0 radical (unpaired) electrons. The van der Waals surface area contributed by atoms with Crippen molar-refractivity contribution < 1.29 is 0 Å². The Hall–Kier alpha value is 0. The highest BCUT2D eigenvalue weighted by Gasteiger charge is 2.42. The van der Waals surface area contributed by atoms with Crippen molar-refractivity contribution >= 4 is 0 Å². The third kappa shape index (κ3) is 6.27. The largest absolute Gasteiger partial charge is 0.0651 e. The minimum Gasteiger partial charge on any atom is -0.0651 e. The second kappa shape index (κ2) is 9.97. The lowest BCUT2D eigenvalue weighted by Gasteiger charge is -2.47. The molecule has 2 aliphatic carbocycles. The molecule has 0 N–H and O–H groups in total. The molecule has 0 saturated heterocycles. The summed E-state index contributed by atoms with van der Waals surface area (Å²) in [7, 11) is 0. The fourth-order valence-electron chi connectivity index (χ4n) is 6.67. The first-order valence-corrected chi connectivity index (χ1v) is 12.2. The fraction of sp³-hybridized carbons (Fsp3) is 1.00. The van der Waals surface area contributed by atoms with Gasteiger partial charge >= 0.3 is 0 Å². The standard InChI is InChI=1S/C26H50/c1-9-20(6)24-14-19(5)15-26(22(24)8)25(16-23-10-11-23)21(7)13-18(4)12-17(2)3/h17-26H,9-16H2,1-8H3. The molecule has 154 valence electrons. The van der Waals surface area contributed by atoms with Crippen LogP contribution in [-0.4, -0.2) is 0 Å². The lowest BCUT2D eigenvalue weighted by molar-refractivity contribution is 0.0215. The Morgan fingerprint density at radius 2 is 1.46 bits per heavy atom. The molecule has 0 aromatic carbocycles. The molecule has 0 amide bonds. The van der Waals surface area contributed by atoms with Gasteiger partial charge in [0.05, 0.1) is 0 Å². The fourth-order valence-corrected chi connectivity index (χ4v) is 6.67. The maximum Gasteiger partial charge on any atom is -0.0352 e. The normalized spacial score (nSPS) is 34.5. The second-order valence-electron chi connectivity index (χ2n) is 11.4. The Labute approximate surface area is 166 Å².